The zero-order chi connectivity index (χ0) is 35.8. The lowest BCUT2D eigenvalue weighted by Gasteiger charge is -2.39. The van der Waals surface area contributed by atoms with Gasteiger partial charge in [-0.15, -0.1) is 0 Å². The maximum absolute atomic E-state index is 12.7. The molecule has 4 N–H and O–H groups in total. The number of unbranched alkanes of at least 4 members (excludes halogenated alkanes) is 24. The Balaban J connectivity index is 2.26. The number of hydrogen-bond acceptors (Lipinski definition) is 9. The molecule has 6 unspecified atom stereocenters. The smallest absolute Gasteiger partial charge is 0.306 e. The standard InChI is InChI=1S/C40H78O9/c1-3-5-7-9-11-13-15-16-17-18-19-20-22-24-26-28-30-46-32-34(33-47-40-39(45)38(44)37(43)35(31-41)49-40)48-36(42)29-27-25-23-21-14-12-10-8-6-4-2/h34-35,37-41,43-45H,3-33H2,1-2H3. The number of carbonyl (C=O) groups is 1. The van der Waals surface area contributed by atoms with Crippen molar-refractivity contribution in [3.05, 3.63) is 0 Å². The minimum atomic E-state index is -1.53. The van der Waals surface area contributed by atoms with Crippen LogP contribution in [0.3, 0.4) is 0 Å². The van der Waals surface area contributed by atoms with Gasteiger partial charge < -0.3 is 39.4 Å². The third-order valence-electron chi connectivity index (χ3n) is 9.77. The highest BCUT2D eigenvalue weighted by atomic mass is 16.7. The van der Waals surface area contributed by atoms with E-state index in [1.807, 2.05) is 0 Å². The Hall–Kier alpha value is -0.810. The van der Waals surface area contributed by atoms with Crippen LogP contribution in [-0.2, 0) is 23.7 Å². The molecule has 9 nitrogen and oxygen atoms in total. The normalized spacial score (nSPS) is 21.6. The van der Waals surface area contributed by atoms with Crippen LogP contribution in [0.2, 0.25) is 0 Å². The fourth-order valence-electron chi connectivity index (χ4n) is 6.49. The van der Waals surface area contributed by atoms with Gasteiger partial charge in [-0.2, -0.15) is 0 Å². The van der Waals surface area contributed by atoms with Gasteiger partial charge in [0.2, 0.25) is 0 Å². The van der Waals surface area contributed by atoms with Crippen LogP contribution >= 0.6 is 0 Å². The van der Waals surface area contributed by atoms with Crippen LogP contribution in [-0.4, -0.2) is 89.6 Å². The van der Waals surface area contributed by atoms with Gasteiger partial charge in [-0.1, -0.05) is 168 Å². The summed E-state index contributed by atoms with van der Waals surface area (Å²) in [6.07, 6.45) is 25.6. The second-order valence-electron chi connectivity index (χ2n) is 14.5. The van der Waals surface area contributed by atoms with Crippen LogP contribution in [0.25, 0.3) is 0 Å². The third-order valence-corrected chi connectivity index (χ3v) is 9.77. The lowest BCUT2D eigenvalue weighted by molar-refractivity contribution is -0.305. The number of ether oxygens (including phenoxy) is 4. The summed E-state index contributed by atoms with van der Waals surface area (Å²) in [4.78, 5) is 12.7. The molecule has 6 atom stereocenters. The van der Waals surface area contributed by atoms with Crippen LogP contribution in [0.15, 0.2) is 0 Å². The quantitative estimate of drug-likeness (QED) is 0.0380. The second kappa shape index (κ2) is 33.1. The Kier molecular flexibility index (Phi) is 31.2. The van der Waals surface area contributed by atoms with E-state index in [2.05, 4.69) is 13.8 Å². The van der Waals surface area contributed by atoms with Crippen molar-refractivity contribution in [2.75, 3.05) is 26.4 Å². The van der Waals surface area contributed by atoms with Gasteiger partial charge in [0.1, 0.15) is 30.5 Å². The van der Waals surface area contributed by atoms with Crippen LogP contribution in [0.5, 0.6) is 0 Å². The second-order valence-corrected chi connectivity index (χ2v) is 14.5. The van der Waals surface area contributed by atoms with Crippen LogP contribution < -0.4 is 0 Å². The molecule has 0 radical (unpaired) electrons. The van der Waals surface area contributed by atoms with Crippen molar-refractivity contribution < 1.29 is 44.2 Å². The van der Waals surface area contributed by atoms with Gasteiger partial charge in [-0.05, 0) is 12.8 Å². The molecule has 0 aromatic rings. The summed E-state index contributed by atoms with van der Waals surface area (Å²) in [6, 6.07) is 0. The largest absolute Gasteiger partial charge is 0.457 e. The molecule has 0 aliphatic carbocycles. The average Bonchev–Trinajstić information content (AvgIpc) is 3.10. The Morgan fingerprint density at radius 2 is 1.00 bits per heavy atom. The zero-order valence-electron chi connectivity index (χ0n) is 31.7. The van der Waals surface area contributed by atoms with Crippen molar-refractivity contribution in [1.29, 1.82) is 0 Å². The molecule has 0 aromatic heterocycles. The first-order chi connectivity index (χ1) is 23.9. The highest BCUT2D eigenvalue weighted by Gasteiger charge is 2.44. The highest BCUT2D eigenvalue weighted by molar-refractivity contribution is 5.69. The van der Waals surface area contributed by atoms with Crippen molar-refractivity contribution in [3.63, 3.8) is 0 Å². The first-order valence-electron chi connectivity index (χ1n) is 20.6. The first-order valence-corrected chi connectivity index (χ1v) is 20.6. The number of hydrogen-bond donors (Lipinski definition) is 4. The van der Waals surface area contributed by atoms with Crippen molar-refractivity contribution in [2.45, 2.75) is 224 Å². The molecule has 292 valence electrons. The fraction of sp³-hybridized carbons (Fsp3) is 0.975. The van der Waals surface area contributed by atoms with Gasteiger partial charge in [0.15, 0.2) is 6.29 Å². The number of carbonyl (C=O) groups excluding carboxylic acids is 1. The van der Waals surface area contributed by atoms with E-state index in [1.54, 1.807) is 0 Å². The van der Waals surface area contributed by atoms with E-state index in [1.165, 1.54) is 135 Å². The van der Waals surface area contributed by atoms with E-state index in [9.17, 15) is 25.2 Å². The maximum Gasteiger partial charge on any atom is 0.306 e. The molecule has 0 saturated carbocycles. The summed E-state index contributed by atoms with van der Waals surface area (Å²) in [6.45, 7) is 4.57. The van der Waals surface area contributed by atoms with E-state index < -0.39 is 43.4 Å². The molecule has 1 fully saturated rings. The van der Waals surface area contributed by atoms with Gasteiger partial charge >= 0.3 is 5.97 Å². The molecule has 1 rings (SSSR count). The molecule has 1 saturated heterocycles. The van der Waals surface area contributed by atoms with Crippen molar-refractivity contribution in [1.82, 2.24) is 0 Å². The third kappa shape index (κ3) is 24.9. The lowest BCUT2D eigenvalue weighted by atomic mass is 9.99. The van der Waals surface area contributed by atoms with Gasteiger partial charge in [-0.25, -0.2) is 0 Å². The predicted molar refractivity (Wildman–Crippen MR) is 196 cm³/mol. The van der Waals surface area contributed by atoms with Crippen molar-refractivity contribution in [2.24, 2.45) is 0 Å². The summed E-state index contributed by atoms with van der Waals surface area (Å²) in [5.41, 5.74) is 0. The SMILES string of the molecule is CCCCCCCCCCCCCCCCCCOCC(COC1OC(CO)C(O)C(O)C1O)OC(=O)CCCCCCCCCCCC. The Bertz CT molecular complexity index is 722. The highest BCUT2D eigenvalue weighted by Crippen LogP contribution is 2.22. The fourth-order valence-corrected chi connectivity index (χ4v) is 6.49. The van der Waals surface area contributed by atoms with Crippen LogP contribution in [0, 0.1) is 0 Å². The molecular weight excluding hydrogens is 624 g/mol. The molecule has 0 aromatic carbocycles. The van der Waals surface area contributed by atoms with Gasteiger partial charge in [0, 0.05) is 13.0 Å². The monoisotopic (exact) mass is 703 g/mol. The number of aliphatic hydroxyl groups excluding tert-OH is 4. The minimum absolute atomic E-state index is 0.106. The Morgan fingerprint density at radius 3 is 1.45 bits per heavy atom. The predicted octanol–water partition coefficient (Wildman–Crippen LogP) is 8.30. The van der Waals surface area contributed by atoms with Gasteiger partial charge in [0.05, 0.1) is 19.8 Å². The van der Waals surface area contributed by atoms with E-state index >= 15 is 0 Å². The van der Waals surface area contributed by atoms with E-state index in [0.29, 0.717) is 13.0 Å². The Morgan fingerprint density at radius 1 is 0.571 bits per heavy atom. The molecule has 9 heteroatoms. The topological polar surface area (TPSA) is 135 Å². The summed E-state index contributed by atoms with van der Waals surface area (Å²) in [7, 11) is 0. The van der Waals surface area contributed by atoms with Crippen molar-refractivity contribution >= 4 is 5.97 Å². The van der Waals surface area contributed by atoms with Crippen molar-refractivity contribution in [3.8, 4) is 0 Å². The molecule has 1 heterocycles. The molecule has 1 aliphatic heterocycles. The summed E-state index contributed by atoms with van der Waals surface area (Å²) < 4.78 is 22.7. The van der Waals surface area contributed by atoms with Gasteiger partial charge in [-0.3, -0.25) is 4.79 Å². The lowest BCUT2D eigenvalue weighted by Crippen LogP contribution is -2.59. The zero-order valence-corrected chi connectivity index (χ0v) is 31.7. The minimum Gasteiger partial charge on any atom is -0.457 e. The first kappa shape index (κ1) is 46.2. The van der Waals surface area contributed by atoms with E-state index in [0.717, 1.165) is 32.1 Å². The number of aliphatic hydroxyl groups is 4. The number of rotatable bonds is 35. The summed E-state index contributed by atoms with van der Waals surface area (Å²) in [5, 5.41) is 39.9. The summed E-state index contributed by atoms with van der Waals surface area (Å²) in [5.74, 6) is -0.312. The Labute approximate surface area is 300 Å². The van der Waals surface area contributed by atoms with Crippen LogP contribution in [0.4, 0.5) is 0 Å². The molecule has 1 aliphatic rings. The average molecular weight is 703 g/mol. The number of esters is 1. The van der Waals surface area contributed by atoms with Gasteiger partial charge in [0.25, 0.3) is 0 Å². The molecule has 0 bridgehead atoms. The van der Waals surface area contributed by atoms with Crippen LogP contribution in [0.1, 0.15) is 187 Å². The maximum atomic E-state index is 12.7. The van der Waals surface area contributed by atoms with E-state index in [-0.39, 0.29) is 19.2 Å². The molecule has 0 amide bonds. The molecular formula is C40H78O9. The van der Waals surface area contributed by atoms with E-state index in [4.69, 9.17) is 18.9 Å². The summed E-state index contributed by atoms with van der Waals surface area (Å²) >= 11 is 0. The molecule has 0 spiro atoms. The molecule has 49 heavy (non-hydrogen) atoms.